The molecule has 1 N–H and O–H groups in total. The lowest BCUT2D eigenvalue weighted by Gasteiger charge is -2.24. The molecule has 0 unspecified atom stereocenters. The molecule has 3 aromatic carbocycles. The maximum absolute atomic E-state index is 13.9. The number of nitrogens with zero attached hydrogens (tertiary/aromatic N) is 1. The monoisotopic (exact) mass is 488 g/mol. The predicted molar refractivity (Wildman–Crippen MR) is 130 cm³/mol. The molecular formula is C24H25FN2O4S2. The molecular weight excluding hydrogens is 463 g/mol. The van der Waals surface area contributed by atoms with Gasteiger partial charge in [0, 0.05) is 16.6 Å². The predicted octanol–water partition coefficient (Wildman–Crippen LogP) is 5.17. The van der Waals surface area contributed by atoms with Gasteiger partial charge in [-0.25, -0.2) is 12.8 Å². The van der Waals surface area contributed by atoms with Crippen molar-refractivity contribution < 1.29 is 22.3 Å². The molecule has 0 atom stereocenters. The van der Waals surface area contributed by atoms with Gasteiger partial charge in [-0.2, -0.15) is 0 Å². The first-order chi connectivity index (χ1) is 15.7. The Morgan fingerprint density at radius 3 is 2.39 bits per heavy atom. The fourth-order valence-electron chi connectivity index (χ4n) is 3.07. The molecule has 1 amide bonds. The summed E-state index contributed by atoms with van der Waals surface area (Å²) in [6, 6.07) is 18.3. The van der Waals surface area contributed by atoms with Crippen molar-refractivity contribution in [2.45, 2.75) is 29.7 Å². The van der Waals surface area contributed by atoms with Crippen molar-refractivity contribution in [2.24, 2.45) is 0 Å². The Kier molecular flexibility index (Phi) is 7.99. The number of hydrogen-bond donors (Lipinski definition) is 1. The second kappa shape index (κ2) is 10.7. The van der Waals surface area contributed by atoms with E-state index in [4.69, 9.17) is 4.74 Å². The minimum atomic E-state index is -4.14. The zero-order chi connectivity index (χ0) is 24.0. The first-order valence-electron chi connectivity index (χ1n) is 10.2. The van der Waals surface area contributed by atoms with Gasteiger partial charge in [-0.05, 0) is 74.7 Å². The molecule has 0 heterocycles. The summed E-state index contributed by atoms with van der Waals surface area (Å²) in [4.78, 5) is 13.7. The third kappa shape index (κ3) is 6.49. The Hall–Kier alpha value is -3.04. The lowest BCUT2D eigenvalue weighted by Crippen LogP contribution is -2.38. The molecule has 0 saturated heterocycles. The number of halogens is 1. The summed E-state index contributed by atoms with van der Waals surface area (Å²) in [5, 5.41) is 2.69. The summed E-state index contributed by atoms with van der Waals surface area (Å²) in [6.07, 6.45) is 1.84. The number of carbonyl (C=O) groups excluding carboxylic acids is 1. The Morgan fingerprint density at radius 1 is 1.06 bits per heavy atom. The van der Waals surface area contributed by atoms with Crippen molar-refractivity contribution in [3.63, 3.8) is 0 Å². The second-order valence-corrected chi connectivity index (χ2v) is 10.2. The fourth-order valence-corrected chi connectivity index (χ4v) is 4.89. The van der Waals surface area contributed by atoms with Crippen LogP contribution < -0.4 is 14.4 Å². The van der Waals surface area contributed by atoms with E-state index in [2.05, 4.69) is 5.32 Å². The van der Waals surface area contributed by atoms with Gasteiger partial charge in [0.1, 0.15) is 18.1 Å². The summed E-state index contributed by atoms with van der Waals surface area (Å²) in [5.41, 5.74) is 0.509. The van der Waals surface area contributed by atoms with Gasteiger partial charge in [0.15, 0.2) is 0 Å². The van der Waals surface area contributed by atoms with E-state index in [0.717, 1.165) is 15.3 Å². The number of carbonyl (C=O) groups is 1. The largest absolute Gasteiger partial charge is 0.491 e. The van der Waals surface area contributed by atoms with Crippen molar-refractivity contribution in [1.82, 2.24) is 0 Å². The molecule has 6 nitrogen and oxygen atoms in total. The molecule has 0 saturated carbocycles. The van der Waals surface area contributed by atoms with E-state index in [1.54, 1.807) is 36.4 Å². The van der Waals surface area contributed by atoms with Gasteiger partial charge in [0.25, 0.3) is 10.0 Å². The molecule has 3 aromatic rings. The normalized spacial score (nSPS) is 11.3. The first-order valence-corrected chi connectivity index (χ1v) is 12.8. The highest BCUT2D eigenvalue weighted by Gasteiger charge is 2.27. The Labute approximate surface area is 197 Å². The van der Waals surface area contributed by atoms with Crippen LogP contribution in [0.3, 0.4) is 0 Å². The van der Waals surface area contributed by atoms with Crippen molar-refractivity contribution in [3.05, 3.63) is 78.6 Å². The van der Waals surface area contributed by atoms with Crippen LogP contribution in [-0.4, -0.2) is 33.2 Å². The minimum Gasteiger partial charge on any atom is -0.491 e. The van der Waals surface area contributed by atoms with Crippen LogP contribution >= 0.6 is 11.8 Å². The number of nitrogens with one attached hydrogen (secondary N) is 1. The number of rotatable bonds is 9. The van der Waals surface area contributed by atoms with Crippen molar-refractivity contribution in [2.75, 3.05) is 22.4 Å². The van der Waals surface area contributed by atoms with Gasteiger partial charge in [-0.1, -0.05) is 12.1 Å². The van der Waals surface area contributed by atoms with E-state index in [-0.39, 0.29) is 16.7 Å². The molecule has 33 heavy (non-hydrogen) atoms. The molecule has 0 radical (unpaired) electrons. The molecule has 0 fully saturated rings. The standard InChI is InChI=1S/C24H25FN2O4S2/c1-17(2)31-21-9-5-7-19(15-21)26-24(28)16-27(20-8-4-6-18(25)14-20)33(29,30)23-12-10-22(32-3)11-13-23/h4-15,17H,16H2,1-3H3,(H,26,28). The Balaban J connectivity index is 1.89. The third-order valence-electron chi connectivity index (χ3n) is 4.52. The number of sulfonamides is 1. The number of thioether (sulfide) groups is 1. The van der Waals surface area contributed by atoms with Gasteiger partial charge in [-0.15, -0.1) is 11.8 Å². The van der Waals surface area contributed by atoms with Gasteiger partial charge in [0.05, 0.1) is 16.7 Å². The molecule has 0 aliphatic heterocycles. The summed E-state index contributed by atoms with van der Waals surface area (Å²) in [5.74, 6) is -0.610. The van der Waals surface area contributed by atoms with Crippen molar-refractivity contribution >= 4 is 39.1 Å². The Bertz CT molecular complexity index is 1220. The first kappa shape index (κ1) is 24.6. The smallest absolute Gasteiger partial charge is 0.264 e. The average molecular weight is 489 g/mol. The van der Waals surface area contributed by atoms with E-state index in [0.29, 0.717) is 11.4 Å². The molecule has 9 heteroatoms. The van der Waals surface area contributed by atoms with E-state index in [1.165, 1.54) is 42.1 Å². The zero-order valence-corrected chi connectivity index (χ0v) is 20.1. The second-order valence-electron chi connectivity index (χ2n) is 7.41. The molecule has 0 aliphatic carbocycles. The highest BCUT2D eigenvalue weighted by molar-refractivity contribution is 7.98. The van der Waals surface area contributed by atoms with E-state index in [9.17, 15) is 17.6 Å². The summed E-state index contributed by atoms with van der Waals surface area (Å²) in [7, 11) is -4.14. The molecule has 3 rings (SSSR count). The zero-order valence-electron chi connectivity index (χ0n) is 18.5. The van der Waals surface area contributed by atoms with E-state index >= 15 is 0 Å². The van der Waals surface area contributed by atoms with Crippen LogP contribution in [0.25, 0.3) is 0 Å². The summed E-state index contributed by atoms with van der Waals surface area (Å²) >= 11 is 1.48. The number of anilines is 2. The number of hydrogen-bond acceptors (Lipinski definition) is 5. The maximum atomic E-state index is 13.9. The molecule has 0 spiro atoms. The highest BCUT2D eigenvalue weighted by Crippen LogP contribution is 2.26. The van der Waals surface area contributed by atoms with Crippen LogP contribution in [0.5, 0.6) is 5.75 Å². The molecule has 0 aliphatic rings. The van der Waals surface area contributed by atoms with Crippen LogP contribution in [0, 0.1) is 5.82 Å². The van der Waals surface area contributed by atoms with Gasteiger partial charge >= 0.3 is 0 Å². The van der Waals surface area contributed by atoms with Crippen LogP contribution in [0.1, 0.15) is 13.8 Å². The van der Waals surface area contributed by atoms with Crippen molar-refractivity contribution in [3.8, 4) is 5.75 Å². The van der Waals surface area contributed by atoms with Crippen LogP contribution in [-0.2, 0) is 14.8 Å². The van der Waals surface area contributed by atoms with E-state index in [1.807, 2.05) is 20.1 Å². The van der Waals surface area contributed by atoms with Gasteiger partial charge < -0.3 is 10.1 Å². The lowest BCUT2D eigenvalue weighted by molar-refractivity contribution is -0.114. The van der Waals surface area contributed by atoms with Crippen LogP contribution in [0.2, 0.25) is 0 Å². The topological polar surface area (TPSA) is 75.7 Å². The fraction of sp³-hybridized carbons (Fsp3) is 0.208. The number of amides is 1. The van der Waals surface area contributed by atoms with Gasteiger partial charge in [-0.3, -0.25) is 9.10 Å². The van der Waals surface area contributed by atoms with Gasteiger partial charge in [0.2, 0.25) is 5.91 Å². The summed E-state index contributed by atoms with van der Waals surface area (Å²) < 4.78 is 47.2. The van der Waals surface area contributed by atoms with Crippen LogP contribution in [0.15, 0.2) is 82.6 Å². The molecule has 0 aromatic heterocycles. The molecule has 0 bridgehead atoms. The summed E-state index contributed by atoms with van der Waals surface area (Å²) in [6.45, 7) is 3.24. The molecule has 174 valence electrons. The lowest BCUT2D eigenvalue weighted by atomic mass is 10.3. The van der Waals surface area contributed by atoms with E-state index < -0.39 is 28.3 Å². The maximum Gasteiger partial charge on any atom is 0.264 e. The van der Waals surface area contributed by atoms with Crippen LogP contribution in [0.4, 0.5) is 15.8 Å². The average Bonchev–Trinajstić information content (AvgIpc) is 2.77. The minimum absolute atomic E-state index is 0.00434. The quantitative estimate of drug-likeness (QED) is 0.421. The SMILES string of the molecule is CSc1ccc(S(=O)(=O)N(CC(=O)Nc2cccc(OC(C)C)c2)c2cccc(F)c2)cc1. The number of benzene rings is 3. The third-order valence-corrected chi connectivity index (χ3v) is 7.05. The Morgan fingerprint density at radius 2 is 1.76 bits per heavy atom. The highest BCUT2D eigenvalue weighted by atomic mass is 32.2. The number of ether oxygens (including phenoxy) is 1. The van der Waals surface area contributed by atoms with Crippen molar-refractivity contribution in [1.29, 1.82) is 0 Å².